The van der Waals surface area contributed by atoms with Crippen LogP contribution in [0.4, 0.5) is 29.2 Å². The zero-order valence-corrected chi connectivity index (χ0v) is 17.0. The Morgan fingerprint density at radius 3 is 2.35 bits per heavy atom. The van der Waals surface area contributed by atoms with Crippen LogP contribution in [0.5, 0.6) is 0 Å². The molecule has 2 heterocycles. The van der Waals surface area contributed by atoms with Crippen LogP contribution in [0, 0.1) is 10.1 Å². The second kappa shape index (κ2) is 9.16. The number of benzene rings is 2. The molecule has 0 bridgehead atoms. The number of hydrogen-bond donors (Lipinski definition) is 2. The predicted octanol–water partition coefficient (Wildman–Crippen LogP) is 3.96. The molecule has 0 radical (unpaired) electrons. The molecule has 10 heteroatoms. The number of nitrogens with zero attached hydrogens (tertiary/aromatic N) is 6. The highest BCUT2D eigenvalue weighted by molar-refractivity contribution is 5.98. The van der Waals surface area contributed by atoms with E-state index in [4.69, 9.17) is 0 Å². The molecule has 3 aromatic rings. The molecule has 4 rings (SSSR count). The van der Waals surface area contributed by atoms with Gasteiger partial charge in [0.15, 0.2) is 0 Å². The average Bonchev–Trinajstić information content (AvgIpc) is 3.33. The summed E-state index contributed by atoms with van der Waals surface area (Å²) in [7, 11) is 0. The number of anilines is 4. The maximum Gasteiger partial charge on any atom is 0.269 e. The maximum atomic E-state index is 10.9. The predicted molar refractivity (Wildman–Crippen MR) is 120 cm³/mol. The quantitative estimate of drug-likeness (QED) is 0.336. The lowest BCUT2D eigenvalue weighted by atomic mass is 10.1. The Hall–Kier alpha value is -4.08. The van der Waals surface area contributed by atoms with Crippen molar-refractivity contribution in [3.05, 3.63) is 70.3 Å². The number of hydrazone groups is 1. The summed E-state index contributed by atoms with van der Waals surface area (Å²) in [5, 5.41) is 18.4. The van der Waals surface area contributed by atoms with E-state index in [9.17, 15) is 10.1 Å². The highest BCUT2D eigenvalue weighted by atomic mass is 16.6. The summed E-state index contributed by atoms with van der Waals surface area (Å²) in [6.07, 6.45) is 2.18. The summed E-state index contributed by atoms with van der Waals surface area (Å²) >= 11 is 0. The highest BCUT2D eigenvalue weighted by Crippen LogP contribution is 2.22. The van der Waals surface area contributed by atoms with Crippen molar-refractivity contribution < 1.29 is 4.92 Å². The smallest absolute Gasteiger partial charge is 0.269 e. The largest absolute Gasteiger partial charge is 0.341 e. The van der Waals surface area contributed by atoms with Gasteiger partial charge in [0.2, 0.25) is 17.8 Å². The Kier molecular flexibility index (Phi) is 5.97. The standard InChI is InChI=1S/C21H22N8O2/c1-15(16-7-3-2-4-8-16)26-27-20-23-19(24-21(25-20)28-13-5-6-14-28)22-17-9-11-18(12-10-17)29(30)31/h2-4,7-12H,5-6,13-14H2,1H3,(H2,22,23,24,25,27)/b26-15+. The SMILES string of the molecule is C/C(=N\Nc1nc(Nc2ccc([N+](=O)[O-])cc2)nc(N2CCCC2)n1)c1ccccc1. The summed E-state index contributed by atoms with van der Waals surface area (Å²) in [6, 6.07) is 15.9. The second-order valence-corrected chi connectivity index (χ2v) is 7.08. The van der Waals surface area contributed by atoms with Gasteiger partial charge in [0, 0.05) is 30.9 Å². The molecule has 2 N–H and O–H groups in total. The lowest BCUT2D eigenvalue weighted by molar-refractivity contribution is -0.384. The van der Waals surface area contributed by atoms with Gasteiger partial charge in [-0.15, -0.1) is 0 Å². The highest BCUT2D eigenvalue weighted by Gasteiger charge is 2.18. The minimum atomic E-state index is -0.437. The fourth-order valence-corrected chi connectivity index (χ4v) is 3.20. The van der Waals surface area contributed by atoms with E-state index in [1.165, 1.54) is 12.1 Å². The third-order valence-electron chi connectivity index (χ3n) is 4.86. The van der Waals surface area contributed by atoms with Gasteiger partial charge in [0.25, 0.3) is 5.69 Å². The van der Waals surface area contributed by atoms with Crippen LogP contribution in [0.15, 0.2) is 59.7 Å². The second-order valence-electron chi connectivity index (χ2n) is 7.08. The molecule has 1 aromatic heterocycles. The minimum Gasteiger partial charge on any atom is -0.341 e. The molecule has 158 valence electrons. The molecule has 2 aromatic carbocycles. The van der Waals surface area contributed by atoms with E-state index < -0.39 is 4.92 Å². The van der Waals surface area contributed by atoms with Gasteiger partial charge >= 0.3 is 0 Å². The number of hydrogen-bond acceptors (Lipinski definition) is 9. The Balaban J connectivity index is 1.58. The van der Waals surface area contributed by atoms with Crippen LogP contribution in [0.25, 0.3) is 0 Å². The van der Waals surface area contributed by atoms with E-state index in [1.54, 1.807) is 12.1 Å². The van der Waals surface area contributed by atoms with Crippen molar-refractivity contribution in [2.24, 2.45) is 5.10 Å². The van der Waals surface area contributed by atoms with Gasteiger partial charge in [-0.1, -0.05) is 30.3 Å². The summed E-state index contributed by atoms with van der Waals surface area (Å²) in [5.74, 6) is 1.21. The summed E-state index contributed by atoms with van der Waals surface area (Å²) in [5.41, 5.74) is 5.38. The van der Waals surface area contributed by atoms with E-state index in [1.807, 2.05) is 37.3 Å². The van der Waals surface area contributed by atoms with Crippen LogP contribution in [-0.4, -0.2) is 38.7 Å². The number of nitro groups is 1. The molecular formula is C21H22N8O2. The zero-order chi connectivity index (χ0) is 21.6. The third-order valence-corrected chi connectivity index (χ3v) is 4.86. The van der Waals surface area contributed by atoms with Gasteiger partial charge in [0.1, 0.15) is 0 Å². The van der Waals surface area contributed by atoms with Crippen molar-refractivity contribution in [2.75, 3.05) is 28.7 Å². The summed E-state index contributed by atoms with van der Waals surface area (Å²) in [6.45, 7) is 3.67. The molecule has 1 aliphatic heterocycles. The number of rotatable bonds is 7. The molecule has 31 heavy (non-hydrogen) atoms. The number of nitrogens with one attached hydrogen (secondary N) is 2. The van der Waals surface area contributed by atoms with Crippen molar-refractivity contribution in [3.8, 4) is 0 Å². The van der Waals surface area contributed by atoms with E-state index >= 15 is 0 Å². The fourth-order valence-electron chi connectivity index (χ4n) is 3.20. The summed E-state index contributed by atoms with van der Waals surface area (Å²) in [4.78, 5) is 26.0. The third kappa shape index (κ3) is 5.10. The topological polar surface area (TPSA) is 121 Å². The van der Waals surface area contributed by atoms with Crippen molar-refractivity contribution in [1.29, 1.82) is 0 Å². The lowest BCUT2D eigenvalue weighted by Gasteiger charge is -2.16. The van der Waals surface area contributed by atoms with Gasteiger partial charge in [-0.2, -0.15) is 20.1 Å². The first-order valence-corrected chi connectivity index (χ1v) is 9.97. The molecule has 0 unspecified atom stereocenters. The molecule has 0 spiro atoms. The Labute approximate surface area is 179 Å². The van der Waals surface area contributed by atoms with Gasteiger partial charge < -0.3 is 10.2 Å². The van der Waals surface area contributed by atoms with E-state index in [2.05, 4.69) is 35.7 Å². The first-order chi connectivity index (χ1) is 15.1. The van der Waals surface area contributed by atoms with Crippen LogP contribution < -0.4 is 15.6 Å². The van der Waals surface area contributed by atoms with Gasteiger partial charge in [-0.3, -0.25) is 10.1 Å². The summed E-state index contributed by atoms with van der Waals surface area (Å²) < 4.78 is 0. The van der Waals surface area contributed by atoms with Crippen LogP contribution >= 0.6 is 0 Å². The number of nitro benzene ring substituents is 1. The lowest BCUT2D eigenvalue weighted by Crippen LogP contribution is -2.22. The van der Waals surface area contributed by atoms with Crippen LogP contribution in [-0.2, 0) is 0 Å². The molecule has 1 fully saturated rings. The molecular weight excluding hydrogens is 396 g/mol. The van der Waals surface area contributed by atoms with Gasteiger partial charge in [-0.05, 0) is 37.5 Å². The Morgan fingerprint density at radius 1 is 1.00 bits per heavy atom. The van der Waals surface area contributed by atoms with Crippen molar-refractivity contribution >= 4 is 34.9 Å². The van der Waals surface area contributed by atoms with Gasteiger partial charge in [-0.25, -0.2) is 5.43 Å². The minimum absolute atomic E-state index is 0.0204. The molecule has 10 nitrogen and oxygen atoms in total. The van der Waals surface area contributed by atoms with E-state index in [0.29, 0.717) is 23.5 Å². The molecule has 1 saturated heterocycles. The Bertz CT molecular complexity index is 1080. The fraction of sp³-hybridized carbons (Fsp3) is 0.238. The number of non-ortho nitro benzene ring substituents is 1. The molecule has 1 aliphatic rings. The Morgan fingerprint density at radius 2 is 1.68 bits per heavy atom. The van der Waals surface area contributed by atoms with Crippen molar-refractivity contribution in [1.82, 2.24) is 15.0 Å². The monoisotopic (exact) mass is 418 g/mol. The molecule has 0 atom stereocenters. The molecule has 0 aliphatic carbocycles. The van der Waals surface area contributed by atoms with Crippen LogP contribution in [0.1, 0.15) is 25.3 Å². The van der Waals surface area contributed by atoms with E-state index in [-0.39, 0.29) is 5.69 Å². The van der Waals surface area contributed by atoms with E-state index in [0.717, 1.165) is 37.2 Å². The zero-order valence-electron chi connectivity index (χ0n) is 17.0. The first kappa shape index (κ1) is 20.2. The normalized spacial score (nSPS) is 13.8. The number of aromatic nitrogens is 3. The maximum absolute atomic E-state index is 10.9. The first-order valence-electron chi connectivity index (χ1n) is 9.97. The van der Waals surface area contributed by atoms with Gasteiger partial charge in [0.05, 0.1) is 10.6 Å². The average molecular weight is 418 g/mol. The van der Waals surface area contributed by atoms with Crippen LogP contribution in [0.3, 0.4) is 0 Å². The van der Waals surface area contributed by atoms with Crippen molar-refractivity contribution in [3.63, 3.8) is 0 Å². The van der Waals surface area contributed by atoms with Crippen molar-refractivity contribution in [2.45, 2.75) is 19.8 Å². The molecule has 0 saturated carbocycles. The van der Waals surface area contributed by atoms with Crippen LogP contribution in [0.2, 0.25) is 0 Å². The molecule has 0 amide bonds.